The second-order valence-corrected chi connectivity index (χ2v) is 5.90. The van der Waals surface area contributed by atoms with Gasteiger partial charge in [0.2, 0.25) is 12.7 Å². The fraction of sp³-hybridized carbons (Fsp3) is 0.294. The van der Waals surface area contributed by atoms with E-state index >= 15 is 0 Å². The number of hydrogen-bond donors (Lipinski definition) is 2. The number of amides is 1. The maximum Gasteiger partial charge on any atom is 0.273 e. The van der Waals surface area contributed by atoms with E-state index in [9.17, 15) is 4.79 Å². The number of H-pyrrole nitrogens is 1. The second kappa shape index (κ2) is 6.98. The van der Waals surface area contributed by atoms with Gasteiger partial charge in [-0.15, -0.1) is 0 Å². The van der Waals surface area contributed by atoms with E-state index in [2.05, 4.69) is 25.5 Å². The van der Waals surface area contributed by atoms with Crippen LogP contribution in [-0.2, 0) is 6.61 Å². The maximum atomic E-state index is 12.3. The van der Waals surface area contributed by atoms with Crippen LogP contribution >= 0.6 is 0 Å². The minimum Gasteiger partial charge on any atom is -0.484 e. The molecule has 27 heavy (non-hydrogen) atoms. The summed E-state index contributed by atoms with van der Waals surface area (Å²) >= 11 is 0. The zero-order valence-electron chi connectivity index (χ0n) is 14.7. The standard InChI is InChI=1S/C17H17N5O5/c1-9(16-19-10(2)21-22-16)18-17(23)12-6-25-15(20-12)7-24-11-3-4-13-14(5-11)27-8-26-13/h3-6,9H,7-8H2,1-2H3,(H,18,23)(H,19,21,22)/t9-/m0/s1. The molecule has 0 aliphatic carbocycles. The van der Waals surface area contributed by atoms with Gasteiger partial charge in [-0.3, -0.25) is 9.89 Å². The number of ether oxygens (including phenoxy) is 3. The monoisotopic (exact) mass is 371 g/mol. The van der Waals surface area contributed by atoms with Crippen LogP contribution in [0.25, 0.3) is 0 Å². The summed E-state index contributed by atoms with van der Waals surface area (Å²) in [6, 6.07) is 4.87. The van der Waals surface area contributed by atoms with Crippen molar-refractivity contribution < 1.29 is 23.4 Å². The fourth-order valence-electron chi connectivity index (χ4n) is 2.48. The van der Waals surface area contributed by atoms with Gasteiger partial charge in [0.15, 0.2) is 29.6 Å². The summed E-state index contributed by atoms with van der Waals surface area (Å²) < 4.78 is 21.5. The highest BCUT2D eigenvalue weighted by Crippen LogP contribution is 2.35. The highest BCUT2D eigenvalue weighted by Gasteiger charge is 2.19. The Morgan fingerprint density at radius 3 is 3.00 bits per heavy atom. The van der Waals surface area contributed by atoms with Crippen LogP contribution < -0.4 is 19.5 Å². The average Bonchev–Trinajstić information content (AvgIpc) is 3.39. The van der Waals surface area contributed by atoms with Crippen molar-refractivity contribution in [2.75, 3.05) is 6.79 Å². The fourth-order valence-corrected chi connectivity index (χ4v) is 2.48. The average molecular weight is 371 g/mol. The van der Waals surface area contributed by atoms with Crippen molar-refractivity contribution in [3.8, 4) is 17.2 Å². The van der Waals surface area contributed by atoms with Crippen molar-refractivity contribution in [1.82, 2.24) is 25.5 Å². The molecule has 0 saturated heterocycles. The van der Waals surface area contributed by atoms with Crippen LogP contribution in [0.2, 0.25) is 0 Å². The molecule has 0 bridgehead atoms. The number of carbonyl (C=O) groups is 1. The van der Waals surface area contributed by atoms with Crippen LogP contribution in [0, 0.1) is 6.92 Å². The number of fused-ring (bicyclic) bond motifs is 1. The highest BCUT2D eigenvalue weighted by atomic mass is 16.7. The lowest BCUT2D eigenvalue weighted by Gasteiger charge is -2.08. The summed E-state index contributed by atoms with van der Waals surface area (Å²) in [6.07, 6.45) is 1.28. The van der Waals surface area contributed by atoms with E-state index in [4.69, 9.17) is 18.6 Å². The molecule has 0 unspecified atom stereocenters. The largest absolute Gasteiger partial charge is 0.484 e. The number of oxazole rings is 1. The summed E-state index contributed by atoms with van der Waals surface area (Å²) in [6.45, 7) is 3.84. The second-order valence-electron chi connectivity index (χ2n) is 5.90. The quantitative estimate of drug-likeness (QED) is 0.673. The number of rotatable bonds is 6. The number of nitrogens with one attached hydrogen (secondary N) is 2. The predicted molar refractivity (Wildman–Crippen MR) is 90.4 cm³/mol. The van der Waals surface area contributed by atoms with Gasteiger partial charge in [-0.1, -0.05) is 0 Å². The zero-order valence-corrected chi connectivity index (χ0v) is 14.7. The van der Waals surface area contributed by atoms with E-state index in [1.165, 1.54) is 6.26 Å². The third-order valence-corrected chi connectivity index (χ3v) is 3.84. The minimum absolute atomic E-state index is 0.0720. The number of hydrogen-bond acceptors (Lipinski definition) is 8. The first-order chi connectivity index (χ1) is 13.1. The number of aromatic nitrogens is 4. The van der Waals surface area contributed by atoms with E-state index in [1.54, 1.807) is 32.0 Å². The van der Waals surface area contributed by atoms with Crippen LogP contribution in [-0.4, -0.2) is 32.9 Å². The number of benzene rings is 1. The van der Waals surface area contributed by atoms with Gasteiger partial charge in [-0.2, -0.15) is 5.10 Å². The lowest BCUT2D eigenvalue weighted by molar-refractivity contribution is 0.0933. The molecule has 0 spiro atoms. The van der Waals surface area contributed by atoms with Crippen LogP contribution in [0.1, 0.15) is 41.0 Å². The Hall–Kier alpha value is -3.56. The van der Waals surface area contributed by atoms with E-state index < -0.39 is 0 Å². The molecular formula is C17H17N5O5. The number of nitrogens with zero attached hydrogens (tertiary/aromatic N) is 3. The maximum absolute atomic E-state index is 12.3. The molecule has 140 valence electrons. The van der Waals surface area contributed by atoms with Gasteiger partial charge >= 0.3 is 0 Å². The van der Waals surface area contributed by atoms with Crippen molar-refractivity contribution >= 4 is 5.91 Å². The molecule has 1 aliphatic rings. The van der Waals surface area contributed by atoms with Crippen LogP contribution in [0.3, 0.4) is 0 Å². The topological polar surface area (TPSA) is 124 Å². The van der Waals surface area contributed by atoms with Gasteiger partial charge in [0.1, 0.15) is 17.8 Å². The van der Waals surface area contributed by atoms with Crippen molar-refractivity contribution in [2.24, 2.45) is 0 Å². The molecule has 10 nitrogen and oxygen atoms in total. The predicted octanol–water partition coefficient (Wildman–Crippen LogP) is 1.90. The van der Waals surface area contributed by atoms with Gasteiger partial charge in [0.25, 0.3) is 5.91 Å². The molecule has 3 aromatic rings. The number of aromatic amines is 1. The smallest absolute Gasteiger partial charge is 0.273 e. The molecule has 1 amide bonds. The first kappa shape index (κ1) is 16.9. The summed E-state index contributed by atoms with van der Waals surface area (Å²) in [5.74, 6) is 2.94. The molecular weight excluding hydrogens is 354 g/mol. The minimum atomic E-state index is -0.386. The lowest BCUT2D eigenvalue weighted by Crippen LogP contribution is -2.27. The van der Waals surface area contributed by atoms with Crippen molar-refractivity contribution in [1.29, 1.82) is 0 Å². The first-order valence-electron chi connectivity index (χ1n) is 8.25. The third-order valence-electron chi connectivity index (χ3n) is 3.84. The molecule has 3 heterocycles. The molecule has 1 aliphatic heterocycles. The molecule has 0 fully saturated rings. The normalized spacial score (nSPS) is 13.4. The van der Waals surface area contributed by atoms with Gasteiger partial charge in [0.05, 0.1) is 6.04 Å². The summed E-state index contributed by atoms with van der Waals surface area (Å²) in [5, 5.41) is 9.52. The van der Waals surface area contributed by atoms with Gasteiger partial charge in [-0.05, 0) is 26.0 Å². The highest BCUT2D eigenvalue weighted by molar-refractivity contribution is 5.92. The first-order valence-corrected chi connectivity index (χ1v) is 8.25. The Morgan fingerprint density at radius 2 is 2.19 bits per heavy atom. The molecule has 2 N–H and O–H groups in total. The molecule has 2 aromatic heterocycles. The Labute approximate surface area is 153 Å². The van der Waals surface area contributed by atoms with Crippen molar-refractivity contribution in [3.05, 3.63) is 47.7 Å². The SMILES string of the molecule is Cc1nc([C@H](C)NC(=O)c2coc(COc3ccc4c(c3)OCO4)n2)n[nH]1. The Morgan fingerprint density at radius 1 is 1.33 bits per heavy atom. The number of carbonyl (C=O) groups excluding carboxylic acids is 1. The number of aryl methyl sites for hydroxylation is 1. The Balaban J connectivity index is 1.34. The van der Waals surface area contributed by atoms with E-state index in [1.807, 2.05) is 0 Å². The zero-order chi connectivity index (χ0) is 18.8. The molecule has 1 aromatic carbocycles. The lowest BCUT2D eigenvalue weighted by atomic mass is 10.3. The van der Waals surface area contributed by atoms with Crippen molar-refractivity contribution in [2.45, 2.75) is 26.5 Å². The molecule has 0 radical (unpaired) electrons. The Bertz CT molecular complexity index is 966. The summed E-state index contributed by atoms with van der Waals surface area (Å²) in [7, 11) is 0. The summed E-state index contributed by atoms with van der Waals surface area (Å²) in [5.41, 5.74) is 0.151. The molecule has 4 rings (SSSR count). The van der Waals surface area contributed by atoms with Gasteiger partial charge in [-0.25, -0.2) is 9.97 Å². The van der Waals surface area contributed by atoms with Crippen LogP contribution in [0.15, 0.2) is 28.9 Å². The Kier molecular flexibility index (Phi) is 4.37. The third kappa shape index (κ3) is 3.68. The summed E-state index contributed by atoms with van der Waals surface area (Å²) in [4.78, 5) is 20.6. The van der Waals surface area contributed by atoms with Crippen LogP contribution in [0.4, 0.5) is 0 Å². The van der Waals surface area contributed by atoms with Crippen LogP contribution in [0.5, 0.6) is 17.2 Å². The van der Waals surface area contributed by atoms with Gasteiger partial charge < -0.3 is 23.9 Å². The van der Waals surface area contributed by atoms with E-state index in [0.717, 1.165) is 0 Å². The molecule has 10 heteroatoms. The van der Waals surface area contributed by atoms with E-state index in [-0.39, 0.29) is 36.9 Å². The van der Waals surface area contributed by atoms with E-state index in [0.29, 0.717) is 28.9 Å². The molecule has 0 saturated carbocycles. The van der Waals surface area contributed by atoms with Crippen molar-refractivity contribution in [3.63, 3.8) is 0 Å². The van der Waals surface area contributed by atoms with Gasteiger partial charge in [0, 0.05) is 6.07 Å². The molecule has 1 atom stereocenters.